The normalized spacial score (nSPS) is 19.6. The maximum Gasteiger partial charge on any atom is 0.257 e. The third-order valence-electron chi connectivity index (χ3n) is 5.62. The highest BCUT2D eigenvalue weighted by molar-refractivity contribution is 5.97. The Bertz CT molecular complexity index is 777. The van der Waals surface area contributed by atoms with Crippen molar-refractivity contribution in [2.45, 2.75) is 50.9 Å². The first-order valence-corrected chi connectivity index (χ1v) is 10.3. The van der Waals surface area contributed by atoms with E-state index in [0.717, 1.165) is 56.6 Å². The van der Waals surface area contributed by atoms with Gasteiger partial charge in [0.15, 0.2) is 0 Å². The van der Waals surface area contributed by atoms with Crippen LogP contribution in [0, 0.1) is 0 Å². The summed E-state index contributed by atoms with van der Waals surface area (Å²) < 4.78 is 0. The second kappa shape index (κ2) is 8.24. The SMILES string of the molecule is O=C(CN1CCCc2nc(C3CC3)ncc2C1=O)NCCCN1CCCC1=O. The van der Waals surface area contributed by atoms with Crippen LogP contribution in [0.2, 0.25) is 0 Å². The minimum atomic E-state index is -0.167. The van der Waals surface area contributed by atoms with Gasteiger partial charge in [0.2, 0.25) is 11.8 Å². The molecule has 3 amide bonds. The van der Waals surface area contributed by atoms with Crippen molar-refractivity contribution in [3.63, 3.8) is 0 Å². The molecule has 0 atom stereocenters. The second-order valence-corrected chi connectivity index (χ2v) is 7.88. The predicted molar refractivity (Wildman–Crippen MR) is 102 cm³/mol. The Morgan fingerprint density at radius 2 is 1.93 bits per heavy atom. The highest BCUT2D eigenvalue weighted by Crippen LogP contribution is 2.38. The number of carbonyl (C=O) groups excluding carboxylic acids is 3. The van der Waals surface area contributed by atoms with Gasteiger partial charge in [-0.1, -0.05) is 0 Å². The smallest absolute Gasteiger partial charge is 0.257 e. The Balaban J connectivity index is 1.27. The fraction of sp³-hybridized carbons (Fsp3) is 0.650. The number of carbonyl (C=O) groups is 3. The third-order valence-corrected chi connectivity index (χ3v) is 5.62. The number of hydrogen-bond acceptors (Lipinski definition) is 5. The molecule has 0 radical (unpaired) electrons. The van der Waals surface area contributed by atoms with Crippen molar-refractivity contribution in [1.82, 2.24) is 25.1 Å². The predicted octanol–water partition coefficient (Wildman–Crippen LogP) is 0.871. The summed E-state index contributed by atoms with van der Waals surface area (Å²) in [6.45, 7) is 2.60. The van der Waals surface area contributed by atoms with Gasteiger partial charge in [-0.05, 0) is 38.5 Å². The molecule has 2 aliphatic heterocycles. The summed E-state index contributed by atoms with van der Waals surface area (Å²) in [7, 11) is 0. The standard InChI is InChI=1S/C20H27N5O3/c26-17(21-8-3-11-24-9-2-5-18(24)27)13-25-10-1-4-16-15(20(25)28)12-22-19(23-16)14-6-7-14/h12,14H,1-11,13H2,(H,21,26). The zero-order valence-corrected chi connectivity index (χ0v) is 16.2. The van der Waals surface area contributed by atoms with Gasteiger partial charge in [0.25, 0.3) is 5.91 Å². The summed E-state index contributed by atoms with van der Waals surface area (Å²) in [5.74, 6) is 1.19. The van der Waals surface area contributed by atoms with Crippen LogP contribution in [0.4, 0.5) is 0 Å². The third kappa shape index (κ3) is 4.31. The topological polar surface area (TPSA) is 95.5 Å². The van der Waals surface area contributed by atoms with E-state index in [0.29, 0.717) is 37.5 Å². The monoisotopic (exact) mass is 385 g/mol. The summed E-state index contributed by atoms with van der Waals surface area (Å²) in [5, 5.41) is 2.86. The Morgan fingerprint density at radius 3 is 2.68 bits per heavy atom. The second-order valence-electron chi connectivity index (χ2n) is 7.88. The molecule has 1 aliphatic carbocycles. The van der Waals surface area contributed by atoms with E-state index in [9.17, 15) is 14.4 Å². The number of nitrogens with zero attached hydrogens (tertiary/aromatic N) is 4. The van der Waals surface area contributed by atoms with Crippen LogP contribution >= 0.6 is 0 Å². The first kappa shape index (κ1) is 18.8. The highest BCUT2D eigenvalue weighted by atomic mass is 16.2. The highest BCUT2D eigenvalue weighted by Gasteiger charge is 2.30. The fourth-order valence-electron chi connectivity index (χ4n) is 3.87. The minimum Gasteiger partial charge on any atom is -0.354 e. The van der Waals surface area contributed by atoms with Crippen molar-refractivity contribution in [3.05, 3.63) is 23.3 Å². The van der Waals surface area contributed by atoms with Crippen LogP contribution in [-0.4, -0.2) is 70.2 Å². The van der Waals surface area contributed by atoms with Gasteiger partial charge in [0.1, 0.15) is 5.82 Å². The Morgan fingerprint density at radius 1 is 1.14 bits per heavy atom. The molecule has 3 heterocycles. The summed E-state index contributed by atoms with van der Waals surface area (Å²) >= 11 is 0. The molecule has 0 aromatic carbocycles. The average molecular weight is 385 g/mol. The van der Waals surface area contributed by atoms with Gasteiger partial charge in [-0.2, -0.15) is 0 Å². The molecule has 28 heavy (non-hydrogen) atoms. The first-order valence-electron chi connectivity index (χ1n) is 10.3. The molecule has 3 aliphatic rings. The van der Waals surface area contributed by atoms with Gasteiger partial charge in [-0.25, -0.2) is 9.97 Å². The molecule has 8 nitrogen and oxygen atoms in total. The van der Waals surface area contributed by atoms with E-state index < -0.39 is 0 Å². The van der Waals surface area contributed by atoms with Crippen molar-refractivity contribution in [2.75, 3.05) is 32.7 Å². The van der Waals surface area contributed by atoms with Crippen molar-refractivity contribution >= 4 is 17.7 Å². The van der Waals surface area contributed by atoms with Gasteiger partial charge < -0.3 is 15.1 Å². The minimum absolute atomic E-state index is 0.0469. The number of likely N-dealkylation sites (tertiary alicyclic amines) is 1. The Kier molecular flexibility index (Phi) is 5.54. The molecule has 1 aromatic heterocycles. The summed E-state index contributed by atoms with van der Waals surface area (Å²) in [5.41, 5.74) is 1.35. The van der Waals surface area contributed by atoms with Crippen LogP contribution in [0.1, 0.15) is 66.3 Å². The van der Waals surface area contributed by atoms with Gasteiger partial charge in [-0.3, -0.25) is 14.4 Å². The van der Waals surface area contributed by atoms with Crippen molar-refractivity contribution < 1.29 is 14.4 Å². The molecular weight excluding hydrogens is 358 g/mol. The molecule has 1 aromatic rings. The summed E-state index contributed by atoms with van der Waals surface area (Å²) in [4.78, 5) is 49.1. The van der Waals surface area contributed by atoms with Crippen LogP contribution in [-0.2, 0) is 16.0 Å². The van der Waals surface area contributed by atoms with Crippen LogP contribution in [0.3, 0.4) is 0 Å². The lowest BCUT2D eigenvalue weighted by atomic mass is 10.1. The Hall–Kier alpha value is -2.51. The lowest BCUT2D eigenvalue weighted by Crippen LogP contribution is -2.41. The van der Waals surface area contributed by atoms with E-state index >= 15 is 0 Å². The van der Waals surface area contributed by atoms with E-state index in [1.54, 1.807) is 11.1 Å². The molecule has 0 bridgehead atoms. The molecule has 1 N–H and O–H groups in total. The lowest BCUT2D eigenvalue weighted by Gasteiger charge is -2.20. The quantitative estimate of drug-likeness (QED) is 0.703. The van der Waals surface area contributed by atoms with E-state index in [4.69, 9.17) is 0 Å². The Labute approximate surface area is 164 Å². The van der Waals surface area contributed by atoms with Crippen LogP contribution < -0.4 is 5.32 Å². The zero-order chi connectivity index (χ0) is 19.5. The molecule has 8 heteroatoms. The number of aromatic nitrogens is 2. The van der Waals surface area contributed by atoms with E-state index in [-0.39, 0.29) is 24.3 Å². The first-order chi connectivity index (χ1) is 13.6. The maximum absolute atomic E-state index is 12.8. The molecule has 4 rings (SSSR count). The molecular formula is C20H27N5O3. The fourth-order valence-corrected chi connectivity index (χ4v) is 3.87. The van der Waals surface area contributed by atoms with Gasteiger partial charge in [0, 0.05) is 44.7 Å². The molecule has 2 fully saturated rings. The molecule has 0 unspecified atom stereocenters. The van der Waals surface area contributed by atoms with E-state index in [1.165, 1.54) is 0 Å². The van der Waals surface area contributed by atoms with Crippen molar-refractivity contribution in [3.8, 4) is 0 Å². The largest absolute Gasteiger partial charge is 0.354 e. The maximum atomic E-state index is 12.8. The summed E-state index contributed by atoms with van der Waals surface area (Å²) in [6.07, 6.45) is 7.73. The van der Waals surface area contributed by atoms with E-state index in [1.807, 2.05) is 4.90 Å². The number of amides is 3. The molecule has 150 valence electrons. The van der Waals surface area contributed by atoms with Gasteiger partial charge >= 0.3 is 0 Å². The number of hydrogen-bond donors (Lipinski definition) is 1. The van der Waals surface area contributed by atoms with Gasteiger partial charge in [-0.15, -0.1) is 0 Å². The lowest BCUT2D eigenvalue weighted by molar-refractivity contribution is -0.127. The molecule has 1 saturated heterocycles. The number of fused-ring (bicyclic) bond motifs is 1. The van der Waals surface area contributed by atoms with Crippen LogP contribution in [0.15, 0.2) is 6.20 Å². The van der Waals surface area contributed by atoms with Gasteiger partial charge in [0.05, 0.1) is 17.8 Å². The van der Waals surface area contributed by atoms with Crippen molar-refractivity contribution in [1.29, 1.82) is 0 Å². The van der Waals surface area contributed by atoms with Crippen LogP contribution in [0.5, 0.6) is 0 Å². The molecule has 0 spiro atoms. The van der Waals surface area contributed by atoms with E-state index in [2.05, 4.69) is 15.3 Å². The molecule has 1 saturated carbocycles. The average Bonchev–Trinajstić information content (AvgIpc) is 3.47. The van der Waals surface area contributed by atoms with Crippen molar-refractivity contribution in [2.24, 2.45) is 0 Å². The zero-order valence-electron chi connectivity index (χ0n) is 16.2. The number of nitrogens with one attached hydrogen (secondary N) is 1. The summed E-state index contributed by atoms with van der Waals surface area (Å²) in [6, 6.07) is 0. The van der Waals surface area contributed by atoms with Crippen LogP contribution in [0.25, 0.3) is 0 Å². The number of aryl methyl sites for hydroxylation is 1. The number of rotatable bonds is 7.